The number of hydrogen-bond donors (Lipinski definition) is 0. The summed E-state index contributed by atoms with van der Waals surface area (Å²) in [5.74, 6) is -2.26. The SMILES string of the molecule is O=C(CCOCC(F)F)c1cc(F)ccc1F. The first-order chi connectivity index (χ1) is 8.00. The summed E-state index contributed by atoms with van der Waals surface area (Å²) < 4.78 is 53.7. The minimum atomic E-state index is -2.61. The van der Waals surface area contributed by atoms with Crippen LogP contribution in [0.25, 0.3) is 0 Å². The molecule has 0 atom stereocenters. The number of alkyl halides is 2. The van der Waals surface area contributed by atoms with Crippen molar-refractivity contribution in [2.75, 3.05) is 13.2 Å². The van der Waals surface area contributed by atoms with E-state index in [0.717, 1.165) is 18.2 Å². The van der Waals surface area contributed by atoms with E-state index in [-0.39, 0.29) is 13.0 Å². The number of carbonyl (C=O) groups is 1. The summed E-state index contributed by atoms with van der Waals surface area (Å²) in [4.78, 5) is 11.4. The van der Waals surface area contributed by atoms with E-state index in [9.17, 15) is 22.4 Å². The van der Waals surface area contributed by atoms with E-state index in [2.05, 4.69) is 4.74 Å². The Morgan fingerprint density at radius 3 is 2.65 bits per heavy atom. The van der Waals surface area contributed by atoms with Crippen LogP contribution in [0, 0.1) is 11.6 Å². The zero-order valence-electron chi connectivity index (χ0n) is 8.76. The molecule has 1 rings (SSSR count). The molecule has 0 amide bonds. The molecule has 0 aliphatic heterocycles. The van der Waals surface area contributed by atoms with Gasteiger partial charge in [-0.3, -0.25) is 4.79 Å². The molecule has 0 saturated heterocycles. The van der Waals surface area contributed by atoms with Gasteiger partial charge in [0.1, 0.15) is 18.2 Å². The summed E-state index contributed by atoms with van der Waals surface area (Å²) in [6.07, 6.45) is -2.89. The van der Waals surface area contributed by atoms with Gasteiger partial charge in [0.05, 0.1) is 12.2 Å². The largest absolute Gasteiger partial charge is 0.375 e. The Kier molecular flexibility index (Phi) is 5.09. The summed E-state index contributed by atoms with van der Waals surface area (Å²) >= 11 is 0. The molecule has 1 aromatic carbocycles. The maximum Gasteiger partial charge on any atom is 0.261 e. The first kappa shape index (κ1) is 13.6. The van der Waals surface area contributed by atoms with Crippen LogP contribution in [0.2, 0.25) is 0 Å². The zero-order valence-corrected chi connectivity index (χ0v) is 8.76. The van der Waals surface area contributed by atoms with Gasteiger partial charge in [0.15, 0.2) is 5.78 Å². The zero-order chi connectivity index (χ0) is 12.8. The third-order valence-corrected chi connectivity index (χ3v) is 1.95. The number of ether oxygens (including phenoxy) is 1. The highest BCUT2D eigenvalue weighted by Gasteiger charge is 2.13. The van der Waals surface area contributed by atoms with Crippen molar-refractivity contribution in [3.05, 3.63) is 35.4 Å². The van der Waals surface area contributed by atoms with E-state index < -0.39 is 36.0 Å². The summed E-state index contributed by atoms with van der Waals surface area (Å²) in [6.45, 7) is -1.03. The number of Topliss-reactive ketones (excluding diaryl/α,β-unsaturated/α-hetero) is 1. The predicted molar refractivity (Wildman–Crippen MR) is 52.1 cm³/mol. The number of rotatable bonds is 6. The molecule has 0 aliphatic carbocycles. The third-order valence-electron chi connectivity index (χ3n) is 1.95. The Morgan fingerprint density at radius 2 is 2.00 bits per heavy atom. The van der Waals surface area contributed by atoms with E-state index in [0.29, 0.717) is 0 Å². The lowest BCUT2D eigenvalue weighted by Crippen LogP contribution is -2.10. The predicted octanol–water partition coefficient (Wildman–Crippen LogP) is 2.82. The van der Waals surface area contributed by atoms with Crippen LogP contribution >= 0.6 is 0 Å². The smallest absolute Gasteiger partial charge is 0.261 e. The fourth-order valence-electron chi connectivity index (χ4n) is 1.18. The average Bonchev–Trinajstić information content (AvgIpc) is 2.27. The summed E-state index contributed by atoms with van der Waals surface area (Å²) in [6, 6.07) is 2.49. The highest BCUT2D eigenvalue weighted by molar-refractivity contribution is 5.96. The molecule has 6 heteroatoms. The van der Waals surface area contributed by atoms with Crippen LogP contribution in [0.3, 0.4) is 0 Å². The van der Waals surface area contributed by atoms with Crippen molar-refractivity contribution >= 4 is 5.78 Å². The van der Waals surface area contributed by atoms with Gasteiger partial charge in [0.25, 0.3) is 6.43 Å². The van der Waals surface area contributed by atoms with Gasteiger partial charge in [0.2, 0.25) is 0 Å². The topological polar surface area (TPSA) is 26.3 Å². The lowest BCUT2D eigenvalue weighted by atomic mass is 10.1. The molecule has 0 spiro atoms. The lowest BCUT2D eigenvalue weighted by molar-refractivity contribution is 0.0169. The second kappa shape index (κ2) is 6.34. The molecule has 17 heavy (non-hydrogen) atoms. The average molecular weight is 250 g/mol. The molecule has 94 valence electrons. The van der Waals surface area contributed by atoms with Gasteiger partial charge in [-0.25, -0.2) is 17.6 Å². The van der Waals surface area contributed by atoms with Crippen molar-refractivity contribution in [3.63, 3.8) is 0 Å². The minimum Gasteiger partial charge on any atom is -0.375 e. The van der Waals surface area contributed by atoms with Crippen LogP contribution in [0.1, 0.15) is 16.8 Å². The van der Waals surface area contributed by atoms with Crippen LogP contribution in [-0.2, 0) is 4.74 Å². The Hall–Kier alpha value is -1.43. The van der Waals surface area contributed by atoms with Gasteiger partial charge in [-0.15, -0.1) is 0 Å². The quantitative estimate of drug-likeness (QED) is 0.441. The Balaban J connectivity index is 2.49. The molecule has 2 nitrogen and oxygen atoms in total. The van der Waals surface area contributed by atoms with Crippen molar-refractivity contribution in [1.29, 1.82) is 0 Å². The van der Waals surface area contributed by atoms with Crippen LogP contribution in [0.4, 0.5) is 17.6 Å². The standard InChI is InChI=1S/C11H10F4O2/c12-7-1-2-9(13)8(5-7)10(16)3-4-17-6-11(14)15/h1-2,5,11H,3-4,6H2. The molecule has 0 fully saturated rings. The van der Waals surface area contributed by atoms with E-state index in [4.69, 9.17) is 0 Å². The van der Waals surface area contributed by atoms with Crippen LogP contribution in [0.5, 0.6) is 0 Å². The molecule has 0 bridgehead atoms. The fraction of sp³-hybridized carbons (Fsp3) is 0.364. The molecule has 0 heterocycles. The first-order valence-corrected chi connectivity index (χ1v) is 4.85. The highest BCUT2D eigenvalue weighted by atomic mass is 19.3. The number of ketones is 1. The fourth-order valence-corrected chi connectivity index (χ4v) is 1.18. The molecule has 0 radical (unpaired) electrons. The molecule has 0 aromatic heterocycles. The highest BCUT2D eigenvalue weighted by Crippen LogP contribution is 2.12. The van der Waals surface area contributed by atoms with Crippen molar-refractivity contribution < 1.29 is 27.1 Å². The van der Waals surface area contributed by atoms with Crippen molar-refractivity contribution in [2.45, 2.75) is 12.8 Å². The molecule has 0 N–H and O–H groups in total. The van der Waals surface area contributed by atoms with Gasteiger partial charge in [0, 0.05) is 6.42 Å². The van der Waals surface area contributed by atoms with Crippen LogP contribution in [-0.4, -0.2) is 25.4 Å². The second-order valence-electron chi connectivity index (χ2n) is 3.26. The molecular formula is C11H10F4O2. The molecule has 1 aromatic rings. The van der Waals surface area contributed by atoms with E-state index in [1.807, 2.05) is 0 Å². The monoisotopic (exact) mass is 250 g/mol. The van der Waals surface area contributed by atoms with Gasteiger partial charge in [-0.1, -0.05) is 0 Å². The van der Waals surface area contributed by atoms with Gasteiger partial charge < -0.3 is 4.74 Å². The maximum atomic E-state index is 13.1. The van der Waals surface area contributed by atoms with Gasteiger partial charge >= 0.3 is 0 Å². The number of carbonyl (C=O) groups excluding carboxylic acids is 1. The summed E-state index contributed by atoms with van der Waals surface area (Å²) in [7, 11) is 0. The Labute approximate surface area is 95.2 Å². The van der Waals surface area contributed by atoms with Crippen LogP contribution in [0.15, 0.2) is 18.2 Å². The summed E-state index contributed by atoms with van der Waals surface area (Å²) in [5, 5.41) is 0. The van der Waals surface area contributed by atoms with E-state index >= 15 is 0 Å². The normalized spacial score (nSPS) is 10.9. The Morgan fingerprint density at radius 1 is 1.29 bits per heavy atom. The second-order valence-corrected chi connectivity index (χ2v) is 3.26. The van der Waals surface area contributed by atoms with Crippen molar-refractivity contribution in [1.82, 2.24) is 0 Å². The van der Waals surface area contributed by atoms with Gasteiger partial charge in [-0.2, -0.15) is 0 Å². The molecular weight excluding hydrogens is 240 g/mol. The molecule has 0 unspecified atom stereocenters. The Bertz CT molecular complexity index is 393. The molecule has 0 aliphatic rings. The van der Waals surface area contributed by atoms with E-state index in [1.54, 1.807) is 0 Å². The number of halogens is 4. The van der Waals surface area contributed by atoms with Crippen molar-refractivity contribution in [3.8, 4) is 0 Å². The van der Waals surface area contributed by atoms with E-state index in [1.165, 1.54) is 0 Å². The lowest BCUT2D eigenvalue weighted by Gasteiger charge is -2.04. The summed E-state index contributed by atoms with van der Waals surface area (Å²) in [5.41, 5.74) is -0.398. The number of benzene rings is 1. The minimum absolute atomic E-state index is 0.251. The maximum absolute atomic E-state index is 13.1. The van der Waals surface area contributed by atoms with Crippen molar-refractivity contribution in [2.24, 2.45) is 0 Å². The van der Waals surface area contributed by atoms with Crippen LogP contribution < -0.4 is 0 Å². The number of hydrogen-bond acceptors (Lipinski definition) is 2. The van der Waals surface area contributed by atoms with Gasteiger partial charge in [-0.05, 0) is 18.2 Å². The first-order valence-electron chi connectivity index (χ1n) is 4.85. The molecule has 0 saturated carbocycles. The third kappa shape index (κ3) is 4.52.